The van der Waals surface area contributed by atoms with Crippen molar-refractivity contribution in [2.24, 2.45) is 0 Å². The molecule has 0 fully saturated rings. The lowest BCUT2D eigenvalue weighted by Crippen LogP contribution is -2.25. The van der Waals surface area contributed by atoms with Crippen LogP contribution in [0.3, 0.4) is 0 Å². The topological polar surface area (TPSA) is 43.4 Å². The van der Waals surface area contributed by atoms with E-state index in [0.29, 0.717) is 6.42 Å². The predicted molar refractivity (Wildman–Crippen MR) is 113 cm³/mol. The second-order valence-corrected chi connectivity index (χ2v) is 8.41. The van der Waals surface area contributed by atoms with E-state index >= 15 is 0 Å². The monoisotopic (exact) mass is 384 g/mol. The van der Waals surface area contributed by atoms with Gasteiger partial charge in [-0.15, -0.1) is 0 Å². The van der Waals surface area contributed by atoms with Crippen LogP contribution in [-0.2, 0) is 4.79 Å². The Kier molecular flexibility index (Phi) is 4.27. The molecule has 1 unspecified atom stereocenters. The van der Waals surface area contributed by atoms with Gasteiger partial charge >= 0.3 is 0 Å². The maximum Gasteiger partial charge on any atom is 0.190 e. The van der Waals surface area contributed by atoms with E-state index in [2.05, 4.69) is 0 Å². The van der Waals surface area contributed by atoms with Crippen molar-refractivity contribution in [1.29, 1.82) is 0 Å². The molecule has 0 spiro atoms. The van der Waals surface area contributed by atoms with Crippen LogP contribution in [0.2, 0.25) is 0 Å². The fraction of sp³-hybridized carbons (Fsp3) is 0.308. The molecule has 0 aromatic heterocycles. The first-order valence-corrected chi connectivity index (χ1v) is 10.4. The molecule has 146 valence electrons. The summed E-state index contributed by atoms with van der Waals surface area (Å²) in [5, 5.41) is 0. The second-order valence-electron chi connectivity index (χ2n) is 8.41. The number of rotatable bonds is 3. The first kappa shape index (κ1) is 18.1. The molecule has 3 aliphatic rings. The van der Waals surface area contributed by atoms with Gasteiger partial charge in [-0.3, -0.25) is 9.59 Å². The summed E-state index contributed by atoms with van der Waals surface area (Å²) in [4.78, 5) is 26.4. The zero-order valence-corrected chi connectivity index (χ0v) is 16.8. The van der Waals surface area contributed by atoms with Crippen molar-refractivity contribution in [3.05, 3.63) is 81.9 Å². The minimum absolute atomic E-state index is 0.0769. The van der Waals surface area contributed by atoms with E-state index < -0.39 is 0 Å². The van der Waals surface area contributed by atoms with Crippen LogP contribution < -0.4 is 4.74 Å². The van der Waals surface area contributed by atoms with Crippen LogP contribution in [0.15, 0.2) is 65.3 Å². The fourth-order valence-electron chi connectivity index (χ4n) is 5.05. The first-order valence-electron chi connectivity index (χ1n) is 10.4. The average Bonchev–Trinajstić information content (AvgIpc) is 2.99. The number of carbonyl (C=O) groups excluding carboxylic acids is 2. The third kappa shape index (κ3) is 2.88. The van der Waals surface area contributed by atoms with Gasteiger partial charge in [0.15, 0.2) is 11.6 Å². The second kappa shape index (κ2) is 6.84. The molecule has 0 radical (unpaired) electrons. The van der Waals surface area contributed by atoms with Crippen LogP contribution >= 0.6 is 0 Å². The highest BCUT2D eigenvalue weighted by atomic mass is 16.5. The summed E-state index contributed by atoms with van der Waals surface area (Å²) in [6.07, 6.45) is 3.26. The number of ketones is 2. The summed E-state index contributed by atoms with van der Waals surface area (Å²) in [5.41, 5.74) is 6.82. The molecule has 0 N–H and O–H groups in total. The predicted octanol–water partition coefficient (Wildman–Crippen LogP) is 5.66. The Balaban J connectivity index is 1.65. The molecule has 0 bridgehead atoms. The van der Waals surface area contributed by atoms with Crippen LogP contribution in [0.25, 0.3) is 5.57 Å². The Hall–Kier alpha value is -2.94. The van der Waals surface area contributed by atoms with Crippen LogP contribution in [-0.4, -0.2) is 17.7 Å². The molecule has 3 aliphatic carbocycles. The molecule has 1 atom stereocenters. The Morgan fingerprint density at radius 3 is 2.34 bits per heavy atom. The van der Waals surface area contributed by atoms with Gasteiger partial charge in [-0.25, -0.2) is 0 Å². The Morgan fingerprint density at radius 2 is 1.62 bits per heavy atom. The van der Waals surface area contributed by atoms with E-state index in [0.717, 1.165) is 58.4 Å². The maximum atomic E-state index is 13.4. The van der Waals surface area contributed by atoms with Crippen molar-refractivity contribution in [3.8, 4) is 5.75 Å². The largest absolute Gasteiger partial charge is 0.491 e. The van der Waals surface area contributed by atoms with Gasteiger partial charge in [-0.05, 0) is 61.9 Å². The first-order chi connectivity index (χ1) is 14.0. The molecule has 0 saturated heterocycles. The number of carbonyl (C=O) groups is 2. The number of fused-ring (bicyclic) bond motifs is 2. The van der Waals surface area contributed by atoms with Crippen LogP contribution in [0.4, 0.5) is 0 Å². The molecule has 3 nitrogen and oxygen atoms in total. The third-order valence-electron chi connectivity index (χ3n) is 6.18. The lowest BCUT2D eigenvalue weighted by atomic mass is 9.69. The van der Waals surface area contributed by atoms with Crippen LogP contribution in [0.5, 0.6) is 5.75 Å². The molecule has 0 aliphatic heterocycles. The lowest BCUT2D eigenvalue weighted by molar-refractivity contribution is -0.116. The molecular weight excluding hydrogens is 360 g/mol. The Labute approximate surface area is 171 Å². The van der Waals surface area contributed by atoms with Gasteiger partial charge in [0.2, 0.25) is 0 Å². The Morgan fingerprint density at radius 1 is 0.897 bits per heavy atom. The summed E-state index contributed by atoms with van der Waals surface area (Å²) in [6.45, 7) is 4.00. The molecule has 3 heteroatoms. The molecule has 0 saturated carbocycles. The molecule has 29 heavy (non-hydrogen) atoms. The van der Waals surface area contributed by atoms with Crippen LogP contribution in [0, 0.1) is 0 Å². The molecule has 0 heterocycles. The van der Waals surface area contributed by atoms with Gasteiger partial charge in [-0.2, -0.15) is 0 Å². The summed E-state index contributed by atoms with van der Waals surface area (Å²) in [6, 6.07) is 15.8. The zero-order chi connectivity index (χ0) is 20.1. The molecule has 0 amide bonds. The van der Waals surface area contributed by atoms with Crippen LogP contribution in [0.1, 0.15) is 66.9 Å². The highest BCUT2D eigenvalue weighted by Gasteiger charge is 2.43. The minimum atomic E-state index is -0.269. The smallest absolute Gasteiger partial charge is 0.190 e. The quantitative estimate of drug-likeness (QED) is 0.686. The number of Topliss-reactive ketones (excluding diaryl/α,β-unsaturated/α-hetero) is 2. The van der Waals surface area contributed by atoms with Gasteiger partial charge in [0, 0.05) is 29.0 Å². The maximum absolute atomic E-state index is 13.4. The zero-order valence-electron chi connectivity index (χ0n) is 16.8. The third-order valence-corrected chi connectivity index (χ3v) is 6.18. The van der Waals surface area contributed by atoms with Gasteiger partial charge in [0.05, 0.1) is 6.10 Å². The highest BCUT2D eigenvalue weighted by Crippen LogP contribution is 2.52. The van der Waals surface area contributed by atoms with Crippen molar-refractivity contribution in [1.82, 2.24) is 0 Å². The van der Waals surface area contributed by atoms with Crippen molar-refractivity contribution in [3.63, 3.8) is 0 Å². The van der Waals surface area contributed by atoms with Gasteiger partial charge in [-0.1, -0.05) is 42.0 Å². The number of ether oxygens (including phenoxy) is 1. The molecular formula is C26H24O3. The standard InChI is InChI=1S/C26H24O3/c1-15(2)29-18-12-10-16(11-13-18)24-23-17(6-5-9-22(23)27)14-21-19-7-3-4-8-20(19)26(28)25(21)24/h3-4,7-8,10-13,15,24H,5-6,9,14H2,1-2H3. The van der Waals surface area contributed by atoms with E-state index in [9.17, 15) is 9.59 Å². The average molecular weight is 384 g/mol. The summed E-state index contributed by atoms with van der Waals surface area (Å²) in [5.74, 6) is 0.815. The molecule has 2 aromatic carbocycles. The molecule has 5 rings (SSSR count). The van der Waals surface area contributed by atoms with Gasteiger partial charge in [0.25, 0.3) is 0 Å². The van der Waals surface area contributed by atoms with Gasteiger partial charge < -0.3 is 4.74 Å². The van der Waals surface area contributed by atoms with E-state index in [1.165, 1.54) is 5.57 Å². The fourth-order valence-corrected chi connectivity index (χ4v) is 5.05. The summed E-state index contributed by atoms with van der Waals surface area (Å²) >= 11 is 0. The number of allylic oxidation sites excluding steroid dienone is 4. The summed E-state index contributed by atoms with van der Waals surface area (Å²) < 4.78 is 5.78. The van der Waals surface area contributed by atoms with E-state index in [-0.39, 0.29) is 23.6 Å². The normalized spacial score (nSPS) is 20.7. The SMILES string of the molecule is CC(C)Oc1ccc(C2C3=C(CCCC3=O)CC3=C2C(=O)c2ccccc23)cc1. The highest BCUT2D eigenvalue weighted by molar-refractivity contribution is 6.23. The summed E-state index contributed by atoms with van der Waals surface area (Å²) in [7, 11) is 0. The van der Waals surface area contributed by atoms with E-state index in [1.54, 1.807) is 0 Å². The van der Waals surface area contributed by atoms with Crippen molar-refractivity contribution < 1.29 is 14.3 Å². The van der Waals surface area contributed by atoms with Crippen molar-refractivity contribution in [2.45, 2.75) is 51.6 Å². The van der Waals surface area contributed by atoms with Gasteiger partial charge in [0.1, 0.15) is 5.75 Å². The lowest BCUT2D eigenvalue weighted by Gasteiger charge is -2.32. The van der Waals surface area contributed by atoms with E-state index in [4.69, 9.17) is 4.74 Å². The van der Waals surface area contributed by atoms with Crippen molar-refractivity contribution in [2.75, 3.05) is 0 Å². The van der Waals surface area contributed by atoms with Crippen molar-refractivity contribution >= 4 is 17.1 Å². The minimum Gasteiger partial charge on any atom is -0.491 e. The number of hydrogen-bond acceptors (Lipinski definition) is 3. The number of hydrogen-bond donors (Lipinski definition) is 0. The van der Waals surface area contributed by atoms with E-state index in [1.807, 2.05) is 62.4 Å². The Bertz CT molecular complexity index is 1080. The molecule has 2 aromatic rings. The number of benzene rings is 2.